The lowest BCUT2D eigenvalue weighted by Crippen LogP contribution is -2.16. The number of nitrogens with zero attached hydrogens (tertiary/aromatic N) is 3. The van der Waals surface area contributed by atoms with E-state index in [2.05, 4.69) is 31.3 Å². The van der Waals surface area contributed by atoms with Crippen LogP contribution >= 0.6 is 27.5 Å². The average molecular weight is 392 g/mol. The molecule has 0 bridgehead atoms. The molecule has 3 aromatic rings. The molecule has 1 aromatic carbocycles. The zero-order chi connectivity index (χ0) is 16.2. The molecule has 0 saturated carbocycles. The highest BCUT2D eigenvalue weighted by Crippen LogP contribution is 2.15. The number of halogens is 2. The molecule has 0 aliphatic rings. The molecule has 5 nitrogen and oxygen atoms in total. The summed E-state index contributed by atoms with van der Waals surface area (Å²) in [5.41, 5.74) is 1.53. The van der Waals surface area contributed by atoms with E-state index in [-0.39, 0.29) is 11.1 Å². The van der Waals surface area contributed by atoms with E-state index >= 15 is 0 Å². The number of pyridine rings is 1. The Morgan fingerprint density at radius 3 is 2.70 bits per heavy atom. The molecule has 0 saturated heterocycles. The summed E-state index contributed by atoms with van der Waals surface area (Å²) in [7, 11) is 0. The maximum atomic E-state index is 12.3. The lowest BCUT2D eigenvalue weighted by molar-refractivity contribution is 0.102. The van der Waals surface area contributed by atoms with E-state index in [0.717, 1.165) is 10.0 Å². The summed E-state index contributed by atoms with van der Waals surface area (Å²) < 4.78 is 2.74. The Bertz CT molecular complexity index is 832. The van der Waals surface area contributed by atoms with Crippen LogP contribution in [0.2, 0.25) is 5.15 Å². The molecule has 23 heavy (non-hydrogen) atoms. The molecule has 0 atom stereocenters. The van der Waals surface area contributed by atoms with Gasteiger partial charge in [0.05, 0.1) is 12.7 Å². The van der Waals surface area contributed by atoms with Gasteiger partial charge in [-0.1, -0.05) is 39.7 Å². The normalized spacial score (nSPS) is 10.5. The van der Waals surface area contributed by atoms with Crippen LogP contribution in [0.15, 0.2) is 59.3 Å². The van der Waals surface area contributed by atoms with Crippen LogP contribution in [0.25, 0.3) is 0 Å². The van der Waals surface area contributed by atoms with E-state index in [9.17, 15) is 4.79 Å². The minimum Gasteiger partial charge on any atom is -0.307 e. The monoisotopic (exact) mass is 390 g/mol. The van der Waals surface area contributed by atoms with Crippen molar-refractivity contribution < 1.29 is 4.79 Å². The van der Waals surface area contributed by atoms with Crippen molar-refractivity contribution in [3.63, 3.8) is 0 Å². The zero-order valence-electron chi connectivity index (χ0n) is 11.9. The summed E-state index contributed by atoms with van der Waals surface area (Å²) in [5.74, 6) is 0.359. The molecule has 116 valence electrons. The first-order chi connectivity index (χ1) is 11.1. The topological polar surface area (TPSA) is 59.8 Å². The summed E-state index contributed by atoms with van der Waals surface area (Å²) in [4.78, 5) is 16.1. The Hall–Kier alpha value is -2.18. The first-order valence-corrected chi connectivity index (χ1v) is 7.98. The Morgan fingerprint density at radius 2 is 1.96 bits per heavy atom. The van der Waals surface area contributed by atoms with Gasteiger partial charge < -0.3 is 5.32 Å². The van der Waals surface area contributed by atoms with Gasteiger partial charge in [0, 0.05) is 22.3 Å². The molecule has 1 N–H and O–H groups in total. The molecule has 1 amide bonds. The van der Waals surface area contributed by atoms with Gasteiger partial charge in [0.25, 0.3) is 5.91 Å². The number of hydrogen-bond donors (Lipinski definition) is 1. The van der Waals surface area contributed by atoms with Gasteiger partial charge in [-0.05, 0) is 29.8 Å². The van der Waals surface area contributed by atoms with Crippen molar-refractivity contribution in [3.8, 4) is 0 Å². The molecule has 0 aliphatic carbocycles. The molecule has 7 heteroatoms. The van der Waals surface area contributed by atoms with E-state index in [1.807, 2.05) is 24.3 Å². The third-order valence-corrected chi connectivity index (χ3v) is 3.93. The van der Waals surface area contributed by atoms with Crippen molar-refractivity contribution in [3.05, 3.63) is 75.6 Å². The molecule has 0 unspecified atom stereocenters. The lowest BCUT2D eigenvalue weighted by atomic mass is 10.2. The van der Waals surface area contributed by atoms with Crippen LogP contribution in [-0.4, -0.2) is 20.7 Å². The number of aromatic nitrogens is 3. The summed E-state index contributed by atoms with van der Waals surface area (Å²) in [5, 5.41) is 7.36. The highest BCUT2D eigenvalue weighted by molar-refractivity contribution is 9.10. The van der Waals surface area contributed by atoms with E-state index in [1.165, 1.54) is 12.3 Å². The quantitative estimate of drug-likeness (QED) is 0.684. The van der Waals surface area contributed by atoms with Crippen molar-refractivity contribution in [1.29, 1.82) is 0 Å². The molecule has 0 aliphatic heterocycles. The number of carbonyl (C=O) groups is 1. The van der Waals surface area contributed by atoms with Crippen molar-refractivity contribution in [1.82, 2.24) is 14.8 Å². The largest absolute Gasteiger partial charge is 0.307 e. The standard InChI is InChI=1S/C16H12BrClN4O/c17-13-3-1-11(2-4-13)10-22-15(6-8-20-22)21-16(23)12-5-7-19-14(18)9-12/h1-9H,10H2,(H,21,23). The van der Waals surface area contributed by atoms with Crippen LogP contribution in [0.1, 0.15) is 15.9 Å². The molecule has 0 radical (unpaired) electrons. The van der Waals surface area contributed by atoms with Crippen LogP contribution < -0.4 is 5.32 Å². The fourth-order valence-electron chi connectivity index (χ4n) is 2.06. The van der Waals surface area contributed by atoms with Crippen LogP contribution in [0, 0.1) is 0 Å². The fourth-order valence-corrected chi connectivity index (χ4v) is 2.50. The maximum absolute atomic E-state index is 12.3. The van der Waals surface area contributed by atoms with Crippen LogP contribution in [-0.2, 0) is 6.54 Å². The van der Waals surface area contributed by atoms with E-state index in [4.69, 9.17) is 11.6 Å². The smallest absolute Gasteiger partial charge is 0.256 e. The Morgan fingerprint density at radius 1 is 1.17 bits per heavy atom. The number of anilines is 1. The third-order valence-electron chi connectivity index (χ3n) is 3.19. The molecular formula is C16H12BrClN4O. The van der Waals surface area contributed by atoms with Gasteiger partial charge in [-0.15, -0.1) is 0 Å². The van der Waals surface area contributed by atoms with Gasteiger partial charge in [0.2, 0.25) is 0 Å². The average Bonchev–Trinajstić information content (AvgIpc) is 2.96. The Balaban J connectivity index is 1.75. The number of benzene rings is 1. The highest BCUT2D eigenvalue weighted by atomic mass is 79.9. The van der Waals surface area contributed by atoms with Gasteiger partial charge in [-0.2, -0.15) is 5.10 Å². The van der Waals surface area contributed by atoms with Crippen LogP contribution in [0.5, 0.6) is 0 Å². The lowest BCUT2D eigenvalue weighted by Gasteiger charge is -2.09. The van der Waals surface area contributed by atoms with E-state index in [1.54, 1.807) is 23.0 Å². The molecule has 2 heterocycles. The second kappa shape index (κ2) is 6.93. The summed E-state index contributed by atoms with van der Waals surface area (Å²) in [6, 6.07) is 12.8. The van der Waals surface area contributed by atoms with Crippen molar-refractivity contribution in [2.24, 2.45) is 0 Å². The summed E-state index contributed by atoms with van der Waals surface area (Å²) in [6.45, 7) is 0.562. The van der Waals surface area contributed by atoms with Crippen molar-refractivity contribution in [2.45, 2.75) is 6.54 Å². The fraction of sp³-hybridized carbons (Fsp3) is 0.0625. The number of hydrogen-bond acceptors (Lipinski definition) is 3. The van der Waals surface area contributed by atoms with Gasteiger partial charge in [0.15, 0.2) is 0 Å². The molecule has 0 fully saturated rings. The minimum atomic E-state index is -0.258. The van der Waals surface area contributed by atoms with Crippen molar-refractivity contribution >= 4 is 39.3 Å². The van der Waals surface area contributed by atoms with E-state index < -0.39 is 0 Å². The molecule has 2 aromatic heterocycles. The molecular weight excluding hydrogens is 380 g/mol. The predicted molar refractivity (Wildman–Crippen MR) is 92.7 cm³/mol. The summed E-state index contributed by atoms with van der Waals surface area (Å²) >= 11 is 9.22. The first-order valence-electron chi connectivity index (χ1n) is 6.81. The Kier molecular flexibility index (Phi) is 4.73. The first kappa shape index (κ1) is 15.7. The third kappa shape index (κ3) is 3.97. The number of rotatable bonds is 4. The van der Waals surface area contributed by atoms with Gasteiger partial charge >= 0.3 is 0 Å². The van der Waals surface area contributed by atoms with Gasteiger partial charge in [-0.25, -0.2) is 9.67 Å². The van der Waals surface area contributed by atoms with Gasteiger partial charge in [-0.3, -0.25) is 4.79 Å². The molecule has 0 spiro atoms. The number of amides is 1. The highest BCUT2D eigenvalue weighted by Gasteiger charge is 2.10. The Labute approximate surface area is 146 Å². The zero-order valence-corrected chi connectivity index (χ0v) is 14.3. The molecule has 3 rings (SSSR count). The minimum absolute atomic E-state index is 0.258. The maximum Gasteiger partial charge on any atom is 0.256 e. The van der Waals surface area contributed by atoms with Gasteiger partial charge in [0.1, 0.15) is 11.0 Å². The van der Waals surface area contributed by atoms with Crippen LogP contribution in [0.4, 0.5) is 5.82 Å². The van der Waals surface area contributed by atoms with Crippen molar-refractivity contribution in [2.75, 3.05) is 5.32 Å². The second-order valence-corrected chi connectivity index (χ2v) is 6.12. The number of carbonyl (C=O) groups excluding carboxylic acids is 1. The predicted octanol–water partition coefficient (Wildman–Crippen LogP) is 3.99. The number of nitrogens with one attached hydrogen (secondary N) is 1. The SMILES string of the molecule is O=C(Nc1ccnn1Cc1ccc(Br)cc1)c1ccnc(Cl)c1. The van der Waals surface area contributed by atoms with Crippen LogP contribution in [0.3, 0.4) is 0 Å². The second-order valence-electron chi connectivity index (χ2n) is 4.82. The summed E-state index contributed by atoms with van der Waals surface area (Å²) in [6.07, 6.45) is 3.14. The van der Waals surface area contributed by atoms with E-state index in [0.29, 0.717) is 17.9 Å².